The SMILES string of the molecule is C[C@H](Nc1ncnc2[nH]cc(F)c12)c1cc2ccc(F)cn2c(=O)c1-c1ccccc1. The lowest BCUT2D eigenvalue weighted by Crippen LogP contribution is -2.21. The molecule has 0 saturated carbocycles. The van der Waals surface area contributed by atoms with E-state index in [4.69, 9.17) is 0 Å². The molecule has 5 rings (SSSR count). The number of anilines is 1. The van der Waals surface area contributed by atoms with E-state index in [1.807, 2.05) is 43.3 Å². The predicted molar refractivity (Wildman–Crippen MR) is 115 cm³/mol. The van der Waals surface area contributed by atoms with Gasteiger partial charge in [-0.3, -0.25) is 9.20 Å². The van der Waals surface area contributed by atoms with E-state index in [-0.39, 0.29) is 10.9 Å². The van der Waals surface area contributed by atoms with Gasteiger partial charge in [0.25, 0.3) is 5.56 Å². The normalized spacial score (nSPS) is 12.4. The van der Waals surface area contributed by atoms with Crippen molar-refractivity contribution >= 4 is 22.4 Å². The van der Waals surface area contributed by atoms with E-state index in [1.165, 1.54) is 29.2 Å². The van der Waals surface area contributed by atoms with Gasteiger partial charge in [0, 0.05) is 17.9 Å². The third kappa shape index (κ3) is 3.22. The van der Waals surface area contributed by atoms with Crippen LogP contribution < -0.4 is 10.9 Å². The number of nitrogens with one attached hydrogen (secondary N) is 2. The van der Waals surface area contributed by atoms with E-state index in [2.05, 4.69) is 20.3 Å². The van der Waals surface area contributed by atoms with Gasteiger partial charge in [0.1, 0.15) is 23.6 Å². The van der Waals surface area contributed by atoms with Gasteiger partial charge in [-0.05, 0) is 36.2 Å². The summed E-state index contributed by atoms with van der Waals surface area (Å²) in [5.74, 6) is -0.656. The van der Waals surface area contributed by atoms with Crippen LogP contribution in [0.3, 0.4) is 0 Å². The number of hydrogen-bond acceptors (Lipinski definition) is 4. The van der Waals surface area contributed by atoms with Crippen molar-refractivity contribution in [3.63, 3.8) is 0 Å². The maximum atomic E-state index is 14.3. The lowest BCUT2D eigenvalue weighted by molar-refractivity contribution is 0.618. The molecule has 1 aromatic carbocycles. The van der Waals surface area contributed by atoms with E-state index in [1.54, 1.807) is 6.07 Å². The number of pyridine rings is 2. The highest BCUT2D eigenvalue weighted by molar-refractivity contribution is 5.87. The Morgan fingerprint density at radius 3 is 2.71 bits per heavy atom. The molecule has 0 fully saturated rings. The topological polar surface area (TPSA) is 75.1 Å². The smallest absolute Gasteiger partial charge is 0.263 e. The molecule has 0 unspecified atom stereocenters. The van der Waals surface area contributed by atoms with Gasteiger partial charge in [-0.15, -0.1) is 0 Å². The predicted octanol–water partition coefficient (Wildman–Crippen LogP) is 4.69. The fraction of sp³-hybridized carbons (Fsp3) is 0.0870. The number of benzene rings is 1. The van der Waals surface area contributed by atoms with Crippen LogP contribution in [0.25, 0.3) is 27.7 Å². The highest BCUT2D eigenvalue weighted by Crippen LogP contribution is 2.31. The number of fused-ring (bicyclic) bond motifs is 2. The minimum absolute atomic E-state index is 0.246. The number of hydrogen-bond donors (Lipinski definition) is 2. The second kappa shape index (κ2) is 7.32. The summed E-state index contributed by atoms with van der Waals surface area (Å²) in [5, 5.41) is 3.45. The largest absolute Gasteiger partial charge is 0.363 e. The van der Waals surface area contributed by atoms with Crippen LogP contribution in [0.15, 0.2) is 72.0 Å². The first-order valence-corrected chi connectivity index (χ1v) is 9.67. The number of halogens is 2. The van der Waals surface area contributed by atoms with Crippen LogP contribution in [0.4, 0.5) is 14.6 Å². The fourth-order valence-corrected chi connectivity index (χ4v) is 3.81. The number of rotatable bonds is 4. The maximum absolute atomic E-state index is 14.3. The highest BCUT2D eigenvalue weighted by Gasteiger charge is 2.20. The maximum Gasteiger partial charge on any atom is 0.263 e. The summed E-state index contributed by atoms with van der Waals surface area (Å²) in [6.07, 6.45) is 3.74. The minimum Gasteiger partial charge on any atom is -0.363 e. The van der Waals surface area contributed by atoms with Gasteiger partial charge >= 0.3 is 0 Å². The Kier molecular flexibility index (Phi) is 4.47. The molecule has 4 aromatic heterocycles. The summed E-state index contributed by atoms with van der Waals surface area (Å²) >= 11 is 0. The number of H-pyrrole nitrogens is 1. The molecule has 31 heavy (non-hydrogen) atoms. The minimum atomic E-state index is -0.501. The van der Waals surface area contributed by atoms with Crippen LogP contribution in [-0.2, 0) is 0 Å². The lowest BCUT2D eigenvalue weighted by Gasteiger charge is -2.20. The van der Waals surface area contributed by atoms with Gasteiger partial charge in [-0.1, -0.05) is 30.3 Å². The van der Waals surface area contributed by atoms with Crippen molar-refractivity contribution in [1.29, 1.82) is 0 Å². The Morgan fingerprint density at radius 2 is 1.90 bits per heavy atom. The van der Waals surface area contributed by atoms with Gasteiger partial charge in [0.15, 0.2) is 5.82 Å². The highest BCUT2D eigenvalue weighted by atomic mass is 19.1. The average molecular weight is 417 g/mol. The molecule has 0 aliphatic carbocycles. The molecule has 6 nitrogen and oxygen atoms in total. The first kappa shape index (κ1) is 18.9. The Bertz CT molecular complexity index is 1480. The quantitative estimate of drug-likeness (QED) is 0.445. The van der Waals surface area contributed by atoms with Gasteiger partial charge in [0.2, 0.25) is 0 Å². The molecule has 0 aliphatic rings. The molecule has 0 aliphatic heterocycles. The summed E-state index contributed by atoms with van der Waals surface area (Å²) in [6, 6.07) is 13.5. The van der Waals surface area contributed by atoms with Gasteiger partial charge < -0.3 is 10.3 Å². The summed E-state index contributed by atoms with van der Waals surface area (Å²) in [4.78, 5) is 24.3. The number of nitrogens with zero attached hydrogens (tertiary/aromatic N) is 3. The van der Waals surface area contributed by atoms with Crippen molar-refractivity contribution in [2.45, 2.75) is 13.0 Å². The number of aromatic amines is 1. The first-order valence-electron chi connectivity index (χ1n) is 9.67. The van der Waals surface area contributed by atoms with E-state index in [9.17, 15) is 13.6 Å². The van der Waals surface area contributed by atoms with Crippen LogP contribution in [0.2, 0.25) is 0 Å². The van der Waals surface area contributed by atoms with E-state index < -0.39 is 17.7 Å². The molecule has 0 amide bonds. The van der Waals surface area contributed by atoms with Gasteiger partial charge in [-0.25, -0.2) is 18.7 Å². The summed E-state index contributed by atoms with van der Waals surface area (Å²) in [5.41, 5.74) is 2.41. The molecule has 2 N–H and O–H groups in total. The van der Waals surface area contributed by atoms with Crippen LogP contribution in [0, 0.1) is 11.6 Å². The van der Waals surface area contributed by atoms with E-state index in [0.29, 0.717) is 33.7 Å². The molecule has 4 heterocycles. The number of aromatic nitrogens is 4. The Morgan fingerprint density at radius 1 is 1.10 bits per heavy atom. The van der Waals surface area contributed by atoms with Crippen LogP contribution in [-0.4, -0.2) is 19.4 Å². The summed E-state index contributed by atoms with van der Waals surface area (Å²) in [7, 11) is 0. The monoisotopic (exact) mass is 417 g/mol. The van der Waals surface area contributed by atoms with Crippen molar-refractivity contribution in [2.24, 2.45) is 0 Å². The van der Waals surface area contributed by atoms with Crippen molar-refractivity contribution < 1.29 is 8.78 Å². The second-order valence-corrected chi connectivity index (χ2v) is 7.24. The zero-order chi connectivity index (χ0) is 21.5. The molecule has 0 spiro atoms. The first-order chi connectivity index (χ1) is 15.0. The Hall–Kier alpha value is -4.07. The lowest BCUT2D eigenvalue weighted by atomic mass is 9.96. The fourth-order valence-electron chi connectivity index (χ4n) is 3.81. The second-order valence-electron chi connectivity index (χ2n) is 7.24. The van der Waals surface area contributed by atoms with Crippen LogP contribution in [0.5, 0.6) is 0 Å². The molecule has 0 radical (unpaired) electrons. The standard InChI is InChI=1S/C23H17F2N5O/c1-13(29-22-20-18(25)10-26-21(20)27-12-28-22)17-9-16-8-7-15(24)11-30(16)23(31)19(17)14-5-3-2-4-6-14/h2-13H,1H3,(H2,26,27,28,29)/t13-/m0/s1. The average Bonchev–Trinajstić information content (AvgIpc) is 3.16. The van der Waals surface area contributed by atoms with E-state index >= 15 is 0 Å². The molecule has 5 aromatic rings. The molecular weight excluding hydrogens is 400 g/mol. The Balaban J connectivity index is 1.70. The van der Waals surface area contributed by atoms with Gasteiger partial charge in [-0.2, -0.15) is 0 Å². The van der Waals surface area contributed by atoms with Crippen molar-refractivity contribution in [3.8, 4) is 11.1 Å². The molecule has 8 heteroatoms. The van der Waals surface area contributed by atoms with Crippen molar-refractivity contribution in [3.05, 3.63) is 94.8 Å². The summed E-state index contributed by atoms with van der Waals surface area (Å²) < 4.78 is 29.4. The third-order valence-corrected chi connectivity index (χ3v) is 5.27. The molecular formula is C23H17F2N5O. The summed E-state index contributed by atoms with van der Waals surface area (Å²) in [6.45, 7) is 1.86. The zero-order valence-electron chi connectivity index (χ0n) is 16.4. The van der Waals surface area contributed by atoms with Gasteiger partial charge in [0.05, 0.1) is 17.0 Å². The zero-order valence-corrected chi connectivity index (χ0v) is 16.4. The molecule has 1 atom stereocenters. The Labute approximate surface area is 175 Å². The molecule has 0 saturated heterocycles. The van der Waals surface area contributed by atoms with E-state index in [0.717, 1.165) is 0 Å². The third-order valence-electron chi connectivity index (χ3n) is 5.27. The van der Waals surface area contributed by atoms with Crippen LogP contribution in [0.1, 0.15) is 18.5 Å². The molecule has 154 valence electrons. The van der Waals surface area contributed by atoms with Crippen molar-refractivity contribution in [2.75, 3.05) is 5.32 Å². The molecule has 0 bridgehead atoms. The van der Waals surface area contributed by atoms with Crippen LogP contribution >= 0.6 is 0 Å². The van der Waals surface area contributed by atoms with Crippen molar-refractivity contribution in [1.82, 2.24) is 19.4 Å².